The molecule has 0 rings (SSSR count). The maximum absolute atomic E-state index is 12.1. The van der Waals surface area contributed by atoms with Gasteiger partial charge in [0.2, 0.25) is 11.8 Å². The molecule has 2 N–H and O–H groups in total. The highest BCUT2D eigenvalue weighted by Crippen LogP contribution is 2.16. The molecule has 0 saturated heterocycles. The van der Waals surface area contributed by atoms with Crippen LogP contribution in [-0.2, 0) is 9.59 Å². The van der Waals surface area contributed by atoms with Crippen LogP contribution in [0.15, 0.2) is 0 Å². The van der Waals surface area contributed by atoms with Gasteiger partial charge < -0.3 is 10.6 Å². The summed E-state index contributed by atoms with van der Waals surface area (Å²) in [5.74, 6) is 0.335. The van der Waals surface area contributed by atoms with Crippen molar-refractivity contribution in [1.29, 1.82) is 0 Å². The number of unbranched alkanes of at least 4 members (excludes halogenated alkanes) is 32. The molecule has 0 heterocycles. The highest BCUT2D eigenvalue weighted by atomic mass is 16.2. The first kappa shape index (κ1) is 45.9. The number of rotatable bonds is 40. The Morgan fingerprint density at radius 2 is 0.468 bits per heavy atom. The summed E-state index contributed by atoms with van der Waals surface area (Å²) in [5.41, 5.74) is 0. The molecule has 280 valence electrons. The minimum absolute atomic E-state index is 0.167. The van der Waals surface area contributed by atoms with Crippen LogP contribution in [0.25, 0.3) is 0 Å². The minimum atomic E-state index is 0.167. The Morgan fingerprint density at radius 3 is 0.681 bits per heavy atom. The normalized spacial score (nSPS) is 11.3. The molecule has 0 unspecified atom stereocenters. The molecule has 0 aromatic carbocycles. The standard InChI is InChI=1S/C43H86N2O2/c1-3-5-7-9-11-13-15-17-19-21-23-25-27-29-31-33-35-38-42(46)44-40-37-41-45-43(47)39-36-34-32-30-28-26-24-22-20-18-16-14-12-10-8-6-4-2/h3-41H2,1-2H3,(H,44,46)(H,45,47). The van der Waals surface area contributed by atoms with Gasteiger partial charge in [0.25, 0.3) is 0 Å². The molecule has 0 aliphatic rings. The zero-order chi connectivity index (χ0) is 34.1. The van der Waals surface area contributed by atoms with Crippen LogP contribution in [0.2, 0.25) is 0 Å². The number of amides is 2. The average Bonchev–Trinajstić information content (AvgIpc) is 3.07. The number of nitrogens with one attached hydrogen (secondary N) is 2. The fraction of sp³-hybridized carbons (Fsp3) is 0.953. The van der Waals surface area contributed by atoms with Crippen LogP contribution in [0.1, 0.15) is 251 Å². The van der Waals surface area contributed by atoms with Crippen molar-refractivity contribution in [3.05, 3.63) is 0 Å². The van der Waals surface area contributed by atoms with Crippen molar-refractivity contribution in [3.8, 4) is 0 Å². The zero-order valence-corrected chi connectivity index (χ0v) is 32.4. The molecular weight excluding hydrogens is 576 g/mol. The quantitative estimate of drug-likeness (QED) is 0.0641. The minimum Gasteiger partial charge on any atom is -0.356 e. The lowest BCUT2D eigenvalue weighted by molar-refractivity contribution is -0.121. The maximum atomic E-state index is 12.1. The monoisotopic (exact) mass is 663 g/mol. The molecule has 4 nitrogen and oxygen atoms in total. The van der Waals surface area contributed by atoms with Crippen LogP contribution in [0.4, 0.5) is 0 Å². The Bertz CT molecular complexity index is 571. The summed E-state index contributed by atoms with van der Waals surface area (Å²) in [5, 5.41) is 6.05. The molecule has 0 radical (unpaired) electrons. The predicted molar refractivity (Wildman–Crippen MR) is 208 cm³/mol. The Kier molecular flexibility index (Phi) is 40.2. The summed E-state index contributed by atoms with van der Waals surface area (Å²) in [6.07, 6.45) is 48.4. The first-order valence-corrected chi connectivity index (χ1v) is 21.7. The molecule has 0 spiro atoms. The second-order valence-electron chi connectivity index (χ2n) is 14.9. The van der Waals surface area contributed by atoms with E-state index in [9.17, 15) is 9.59 Å². The van der Waals surface area contributed by atoms with Crippen LogP contribution < -0.4 is 10.6 Å². The third kappa shape index (κ3) is 41.0. The summed E-state index contributed by atoms with van der Waals surface area (Å²) in [6.45, 7) is 5.90. The Morgan fingerprint density at radius 1 is 0.277 bits per heavy atom. The van der Waals surface area contributed by atoms with E-state index in [0.717, 1.165) is 19.3 Å². The second kappa shape index (κ2) is 41.1. The van der Waals surface area contributed by atoms with E-state index < -0.39 is 0 Å². The van der Waals surface area contributed by atoms with E-state index in [1.165, 1.54) is 205 Å². The van der Waals surface area contributed by atoms with Gasteiger partial charge in [0, 0.05) is 25.9 Å². The van der Waals surface area contributed by atoms with Crippen LogP contribution in [0.3, 0.4) is 0 Å². The van der Waals surface area contributed by atoms with Crippen molar-refractivity contribution in [1.82, 2.24) is 10.6 Å². The van der Waals surface area contributed by atoms with Gasteiger partial charge in [-0.3, -0.25) is 9.59 Å². The van der Waals surface area contributed by atoms with E-state index in [0.29, 0.717) is 25.9 Å². The van der Waals surface area contributed by atoms with Crippen molar-refractivity contribution in [2.45, 2.75) is 251 Å². The van der Waals surface area contributed by atoms with Crippen molar-refractivity contribution >= 4 is 11.8 Å². The topological polar surface area (TPSA) is 58.2 Å². The van der Waals surface area contributed by atoms with Gasteiger partial charge in [-0.25, -0.2) is 0 Å². The van der Waals surface area contributed by atoms with Crippen molar-refractivity contribution in [2.24, 2.45) is 0 Å². The largest absolute Gasteiger partial charge is 0.356 e. The van der Waals surface area contributed by atoms with Crippen LogP contribution in [0.5, 0.6) is 0 Å². The molecule has 0 atom stereocenters. The first-order chi connectivity index (χ1) is 23.2. The molecule has 47 heavy (non-hydrogen) atoms. The van der Waals surface area contributed by atoms with Crippen molar-refractivity contribution in [3.63, 3.8) is 0 Å². The molecule has 2 amide bonds. The van der Waals surface area contributed by atoms with Gasteiger partial charge in [-0.15, -0.1) is 0 Å². The van der Waals surface area contributed by atoms with Gasteiger partial charge in [0.15, 0.2) is 0 Å². The predicted octanol–water partition coefficient (Wildman–Crippen LogP) is 13.7. The van der Waals surface area contributed by atoms with Crippen LogP contribution >= 0.6 is 0 Å². The average molecular weight is 663 g/mol. The number of hydrogen-bond donors (Lipinski definition) is 2. The van der Waals surface area contributed by atoms with Crippen LogP contribution in [-0.4, -0.2) is 24.9 Å². The molecule has 0 aliphatic heterocycles. The summed E-state index contributed by atoms with van der Waals surface area (Å²) in [7, 11) is 0. The van der Waals surface area contributed by atoms with E-state index in [-0.39, 0.29) is 11.8 Å². The number of carbonyl (C=O) groups is 2. The second-order valence-corrected chi connectivity index (χ2v) is 14.9. The van der Waals surface area contributed by atoms with Gasteiger partial charge >= 0.3 is 0 Å². The van der Waals surface area contributed by atoms with Gasteiger partial charge in [0.1, 0.15) is 0 Å². The first-order valence-electron chi connectivity index (χ1n) is 21.7. The molecule has 0 aromatic rings. The van der Waals surface area contributed by atoms with Gasteiger partial charge in [-0.1, -0.05) is 219 Å². The molecule has 0 aromatic heterocycles. The van der Waals surface area contributed by atoms with Gasteiger partial charge in [0.05, 0.1) is 0 Å². The Hall–Kier alpha value is -1.06. The smallest absolute Gasteiger partial charge is 0.219 e. The van der Waals surface area contributed by atoms with E-state index in [2.05, 4.69) is 24.5 Å². The lowest BCUT2D eigenvalue weighted by Crippen LogP contribution is -2.29. The highest BCUT2D eigenvalue weighted by molar-refractivity contribution is 5.76. The summed E-state index contributed by atoms with van der Waals surface area (Å²) >= 11 is 0. The SMILES string of the molecule is CCCCCCCCCCCCCCCCCCCC(=O)NCCCNC(=O)CCCCCCCCCCCCCCCCCCC. The fourth-order valence-electron chi connectivity index (χ4n) is 6.74. The van der Waals surface area contributed by atoms with E-state index in [1.807, 2.05) is 0 Å². The fourth-order valence-corrected chi connectivity index (χ4v) is 6.74. The molecule has 0 saturated carbocycles. The lowest BCUT2D eigenvalue weighted by atomic mass is 10.0. The molecular formula is C43H86N2O2. The molecule has 0 fully saturated rings. The van der Waals surface area contributed by atoms with Crippen molar-refractivity contribution < 1.29 is 9.59 Å². The van der Waals surface area contributed by atoms with E-state index in [4.69, 9.17) is 0 Å². The summed E-state index contributed by atoms with van der Waals surface area (Å²) < 4.78 is 0. The summed E-state index contributed by atoms with van der Waals surface area (Å²) in [4.78, 5) is 24.2. The lowest BCUT2D eigenvalue weighted by Gasteiger charge is -2.07. The summed E-state index contributed by atoms with van der Waals surface area (Å²) in [6, 6.07) is 0. The third-order valence-corrected chi connectivity index (χ3v) is 10.0. The number of carbonyl (C=O) groups excluding carboxylic acids is 2. The van der Waals surface area contributed by atoms with Crippen molar-refractivity contribution in [2.75, 3.05) is 13.1 Å². The van der Waals surface area contributed by atoms with Crippen LogP contribution in [0, 0.1) is 0 Å². The highest BCUT2D eigenvalue weighted by Gasteiger charge is 2.03. The van der Waals surface area contributed by atoms with E-state index >= 15 is 0 Å². The zero-order valence-electron chi connectivity index (χ0n) is 32.4. The molecule has 4 heteroatoms. The Labute approximate surface area is 295 Å². The molecule has 0 aliphatic carbocycles. The number of hydrogen-bond acceptors (Lipinski definition) is 2. The third-order valence-electron chi connectivity index (χ3n) is 10.0. The maximum Gasteiger partial charge on any atom is 0.219 e. The van der Waals surface area contributed by atoms with Gasteiger partial charge in [-0.2, -0.15) is 0 Å². The molecule has 0 bridgehead atoms. The Balaban J connectivity index is 3.24. The van der Waals surface area contributed by atoms with E-state index in [1.54, 1.807) is 0 Å². The van der Waals surface area contributed by atoms with Gasteiger partial charge in [-0.05, 0) is 19.3 Å².